The van der Waals surface area contributed by atoms with E-state index in [0.717, 1.165) is 11.3 Å². The predicted octanol–water partition coefficient (Wildman–Crippen LogP) is 1.62. The zero-order valence-electron chi connectivity index (χ0n) is 8.32. The molecule has 0 saturated carbocycles. The van der Waals surface area contributed by atoms with Crippen LogP contribution < -0.4 is 11.1 Å². The van der Waals surface area contributed by atoms with Gasteiger partial charge in [0.2, 0.25) is 5.91 Å². The topological polar surface area (TPSA) is 55.1 Å². The van der Waals surface area contributed by atoms with Crippen molar-refractivity contribution in [2.75, 3.05) is 17.3 Å². The van der Waals surface area contributed by atoms with Gasteiger partial charge < -0.3 is 11.1 Å². The number of nitrogens with two attached hydrogens (primary N) is 1. The van der Waals surface area contributed by atoms with E-state index in [1.54, 1.807) is 24.3 Å². The number of benzene rings is 1. The highest BCUT2D eigenvalue weighted by Crippen LogP contribution is 2.09. The highest BCUT2D eigenvalue weighted by atomic mass is 32.2. The molecule has 0 heterocycles. The minimum Gasteiger partial charge on any atom is -0.389 e. The number of thioether (sulfide) groups is 1. The van der Waals surface area contributed by atoms with Gasteiger partial charge in [0.05, 0.1) is 5.75 Å². The second-order valence-electron chi connectivity index (χ2n) is 2.92. The summed E-state index contributed by atoms with van der Waals surface area (Å²) < 4.78 is 0. The van der Waals surface area contributed by atoms with E-state index in [9.17, 15) is 4.79 Å². The van der Waals surface area contributed by atoms with Gasteiger partial charge in [-0.05, 0) is 30.5 Å². The van der Waals surface area contributed by atoms with Crippen molar-refractivity contribution in [2.45, 2.75) is 0 Å². The lowest BCUT2D eigenvalue weighted by molar-refractivity contribution is -0.113. The van der Waals surface area contributed by atoms with E-state index in [4.69, 9.17) is 18.0 Å². The van der Waals surface area contributed by atoms with Gasteiger partial charge in [0.15, 0.2) is 0 Å². The fourth-order valence-electron chi connectivity index (χ4n) is 1.05. The van der Waals surface area contributed by atoms with Crippen LogP contribution in [-0.2, 0) is 4.79 Å². The van der Waals surface area contributed by atoms with Gasteiger partial charge in [-0.1, -0.05) is 12.2 Å². The largest absolute Gasteiger partial charge is 0.389 e. The first-order valence-electron chi connectivity index (χ1n) is 4.32. The molecule has 0 aliphatic carbocycles. The molecule has 5 heteroatoms. The van der Waals surface area contributed by atoms with Crippen molar-refractivity contribution in [1.82, 2.24) is 0 Å². The van der Waals surface area contributed by atoms with Gasteiger partial charge >= 0.3 is 0 Å². The summed E-state index contributed by atoms with van der Waals surface area (Å²) in [7, 11) is 0. The molecule has 0 aliphatic rings. The van der Waals surface area contributed by atoms with Crippen molar-refractivity contribution in [3.63, 3.8) is 0 Å². The second-order valence-corrected chi connectivity index (χ2v) is 4.23. The molecule has 0 spiro atoms. The smallest absolute Gasteiger partial charge is 0.234 e. The summed E-state index contributed by atoms with van der Waals surface area (Å²) in [6, 6.07) is 7.15. The van der Waals surface area contributed by atoms with Gasteiger partial charge in [-0.15, -0.1) is 0 Å². The van der Waals surface area contributed by atoms with Crippen molar-refractivity contribution in [2.24, 2.45) is 5.73 Å². The molecule has 0 bridgehead atoms. The lowest BCUT2D eigenvalue weighted by Gasteiger charge is -2.04. The maximum absolute atomic E-state index is 11.2. The van der Waals surface area contributed by atoms with Gasteiger partial charge in [0, 0.05) is 11.3 Å². The van der Waals surface area contributed by atoms with Gasteiger partial charge in [0.25, 0.3) is 0 Å². The lowest BCUT2D eigenvalue weighted by Crippen LogP contribution is -2.14. The quantitative estimate of drug-likeness (QED) is 0.785. The van der Waals surface area contributed by atoms with Crippen LogP contribution in [0.15, 0.2) is 24.3 Å². The number of anilines is 1. The van der Waals surface area contributed by atoms with E-state index >= 15 is 0 Å². The molecule has 0 fully saturated rings. The van der Waals surface area contributed by atoms with E-state index in [0.29, 0.717) is 10.7 Å². The van der Waals surface area contributed by atoms with E-state index in [1.165, 1.54) is 11.8 Å². The van der Waals surface area contributed by atoms with Crippen LogP contribution in [0.25, 0.3) is 0 Å². The molecule has 0 saturated heterocycles. The predicted molar refractivity (Wildman–Crippen MR) is 69.3 cm³/mol. The average molecular weight is 240 g/mol. The Bertz CT molecular complexity index is 362. The maximum Gasteiger partial charge on any atom is 0.234 e. The third-order valence-electron chi connectivity index (χ3n) is 1.73. The van der Waals surface area contributed by atoms with Crippen LogP contribution in [0.3, 0.4) is 0 Å². The third kappa shape index (κ3) is 3.89. The first-order chi connectivity index (χ1) is 7.13. The van der Waals surface area contributed by atoms with Crippen LogP contribution in [0.1, 0.15) is 5.56 Å². The standard InChI is InChI=1S/C10H12N2OS2/c1-15-6-9(13)12-8-4-2-7(3-5-8)10(11)14/h2-5H,6H2,1H3,(H2,11,14)(H,12,13). The van der Waals surface area contributed by atoms with E-state index in [-0.39, 0.29) is 5.91 Å². The number of hydrogen-bond acceptors (Lipinski definition) is 3. The van der Waals surface area contributed by atoms with Gasteiger partial charge in [-0.2, -0.15) is 11.8 Å². The molecule has 1 aromatic rings. The van der Waals surface area contributed by atoms with Crippen LogP contribution >= 0.6 is 24.0 Å². The molecule has 1 aromatic carbocycles. The number of amides is 1. The summed E-state index contributed by atoms with van der Waals surface area (Å²) in [6.07, 6.45) is 1.88. The average Bonchev–Trinajstić information content (AvgIpc) is 2.18. The van der Waals surface area contributed by atoms with Crippen molar-refractivity contribution in [3.8, 4) is 0 Å². The second kappa shape index (κ2) is 5.72. The first kappa shape index (κ1) is 12.0. The molecule has 0 radical (unpaired) electrons. The van der Waals surface area contributed by atoms with Crippen molar-refractivity contribution < 1.29 is 4.79 Å². The number of nitrogens with one attached hydrogen (secondary N) is 1. The summed E-state index contributed by atoms with van der Waals surface area (Å²) in [4.78, 5) is 11.6. The van der Waals surface area contributed by atoms with Gasteiger partial charge in [-0.3, -0.25) is 4.79 Å². The number of carbonyl (C=O) groups is 1. The molecule has 80 valence electrons. The summed E-state index contributed by atoms with van der Waals surface area (Å²) >= 11 is 6.31. The van der Waals surface area contributed by atoms with Crippen LogP contribution in [0.2, 0.25) is 0 Å². The molecule has 3 N–H and O–H groups in total. The molecule has 0 atom stereocenters. The Kier molecular flexibility index (Phi) is 4.58. The van der Waals surface area contributed by atoms with Crippen molar-refractivity contribution in [1.29, 1.82) is 0 Å². The molecule has 3 nitrogen and oxygen atoms in total. The SMILES string of the molecule is CSCC(=O)Nc1ccc(C(N)=S)cc1. The van der Waals surface area contributed by atoms with E-state index in [2.05, 4.69) is 5.32 Å². The molecule has 1 rings (SSSR count). The highest BCUT2D eigenvalue weighted by Gasteiger charge is 2.01. The fraction of sp³-hybridized carbons (Fsp3) is 0.200. The summed E-state index contributed by atoms with van der Waals surface area (Å²) in [5.74, 6) is 0.447. The Morgan fingerprint density at radius 1 is 1.47 bits per heavy atom. The van der Waals surface area contributed by atoms with E-state index < -0.39 is 0 Å². The summed E-state index contributed by atoms with van der Waals surface area (Å²) in [6.45, 7) is 0. The third-order valence-corrected chi connectivity index (χ3v) is 2.52. The van der Waals surface area contributed by atoms with Crippen LogP contribution in [0.5, 0.6) is 0 Å². The molecule has 15 heavy (non-hydrogen) atoms. The normalized spacial score (nSPS) is 9.67. The Labute approximate surface area is 98.4 Å². The molecular weight excluding hydrogens is 228 g/mol. The lowest BCUT2D eigenvalue weighted by atomic mass is 10.2. The van der Waals surface area contributed by atoms with Crippen molar-refractivity contribution in [3.05, 3.63) is 29.8 Å². The molecule has 0 aliphatic heterocycles. The van der Waals surface area contributed by atoms with Crippen LogP contribution in [-0.4, -0.2) is 22.9 Å². The summed E-state index contributed by atoms with van der Waals surface area (Å²) in [5, 5.41) is 2.77. The van der Waals surface area contributed by atoms with Gasteiger partial charge in [-0.25, -0.2) is 0 Å². The molecule has 0 unspecified atom stereocenters. The maximum atomic E-state index is 11.2. The minimum absolute atomic E-state index is 0.00873. The van der Waals surface area contributed by atoms with E-state index in [1.807, 2.05) is 6.26 Å². The monoisotopic (exact) mass is 240 g/mol. The Morgan fingerprint density at radius 2 is 2.07 bits per heavy atom. The van der Waals surface area contributed by atoms with Crippen molar-refractivity contribution >= 4 is 40.6 Å². The molecule has 0 aromatic heterocycles. The number of hydrogen-bond donors (Lipinski definition) is 2. The van der Waals surface area contributed by atoms with Gasteiger partial charge in [0.1, 0.15) is 4.99 Å². The minimum atomic E-state index is -0.00873. The van der Waals surface area contributed by atoms with Crippen LogP contribution in [0.4, 0.5) is 5.69 Å². The highest BCUT2D eigenvalue weighted by molar-refractivity contribution is 7.99. The zero-order valence-corrected chi connectivity index (χ0v) is 9.95. The summed E-state index contributed by atoms with van der Waals surface area (Å²) in [5.41, 5.74) is 7.01. The molecule has 1 amide bonds. The van der Waals surface area contributed by atoms with Crippen LogP contribution in [0, 0.1) is 0 Å². The Balaban J connectivity index is 2.64. The number of thiocarbonyl (C=S) groups is 1. The first-order valence-corrected chi connectivity index (χ1v) is 6.12. The Hall–Kier alpha value is -1.07. The Morgan fingerprint density at radius 3 is 2.53 bits per heavy atom. The molecular formula is C10H12N2OS2. The zero-order chi connectivity index (χ0) is 11.3. The number of carbonyl (C=O) groups excluding carboxylic acids is 1. The number of rotatable bonds is 4. The fourth-order valence-corrected chi connectivity index (χ4v) is 1.52.